The van der Waals surface area contributed by atoms with Gasteiger partial charge in [0.05, 0.1) is 12.7 Å². The number of piperidine rings is 1. The Balaban J connectivity index is 1.48. The van der Waals surface area contributed by atoms with Crippen molar-refractivity contribution in [3.8, 4) is 5.75 Å². The first-order chi connectivity index (χ1) is 13.1. The van der Waals surface area contributed by atoms with Crippen molar-refractivity contribution in [2.75, 3.05) is 39.4 Å². The van der Waals surface area contributed by atoms with Crippen LogP contribution in [0.5, 0.6) is 5.75 Å². The minimum Gasteiger partial charge on any atom is -0.483 e. The van der Waals surface area contributed by atoms with Crippen molar-refractivity contribution in [2.45, 2.75) is 58.1 Å². The van der Waals surface area contributed by atoms with Crippen LogP contribution in [0, 0.1) is 0 Å². The second-order valence-electron chi connectivity index (χ2n) is 7.92. The van der Waals surface area contributed by atoms with E-state index in [1.165, 1.54) is 5.56 Å². The largest absolute Gasteiger partial charge is 0.483 e. The van der Waals surface area contributed by atoms with Crippen LogP contribution in [0.15, 0.2) is 24.3 Å². The minimum absolute atomic E-state index is 0.0998. The average molecular weight is 375 g/mol. The molecular formula is C22H34N2O3. The number of carbonyl (C=O) groups is 1. The van der Waals surface area contributed by atoms with E-state index in [0.717, 1.165) is 57.8 Å². The third-order valence-corrected chi connectivity index (χ3v) is 6.02. The number of rotatable bonds is 6. The average Bonchev–Trinajstić information content (AvgIpc) is 2.71. The first kappa shape index (κ1) is 20.2. The molecule has 2 aliphatic heterocycles. The van der Waals surface area contributed by atoms with Gasteiger partial charge in [-0.1, -0.05) is 32.0 Å². The van der Waals surface area contributed by atoms with Gasteiger partial charge >= 0.3 is 0 Å². The Morgan fingerprint density at radius 2 is 2.00 bits per heavy atom. The fourth-order valence-corrected chi connectivity index (χ4v) is 4.13. The number of benzene rings is 1. The summed E-state index contributed by atoms with van der Waals surface area (Å²) in [5, 5.41) is 0. The Labute approximate surface area is 163 Å². The number of hydrogen-bond acceptors (Lipinski definition) is 4. The lowest BCUT2D eigenvalue weighted by Crippen LogP contribution is -2.52. The molecule has 2 atom stereocenters. The molecule has 0 aromatic heterocycles. The topological polar surface area (TPSA) is 42.0 Å². The Morgan fingerprint density at radius 1 is 1.26 bits per heavy atom. The number of amides is 1. The van der Waals surface area contributed by atoms with Crippen LogP contribution in [0.25, 0.3) is 0 Å². The van der Waals surface area contributed by atoms with Gasteiger partial charge in [-0.3, -0.25) is 9.69 Å². The maximum absolute atomic E-state index is 12.6. The van der Waals surface area contributed by atoms with E-state index in [-0.39, 0.29) is 12.5 Å². The standard InChI is InChI=1S/C22H34N2O3/c1-4-17(2)20-7-5-6-8-21(20)27-16-22(25)23-11-9-19(10-12-23)24-13-14-26-18(3)15-24/h5-8,17-19H,4,9-16H2,1-3H3. The zero-order valence-electron chi connectivity index (χ0n) is 17.0. The second-order valence-corrected chi connectivity index (χ2v) is 7.92. The molecule has 0 spiro atoms. The highest BCUT2D eigenvalue weighted by Crippen LogP contribution is 2.28. The summed E-state index contributed by atoms with van der Waals surface area (Å²) < 4.78 is 11.6. The third-order valence-electron chi connectivity index (χ3n) is 6.02. The summed E-state index contributed by atoms with van der Waals surface area (Å²) in [7, 11) is 0. The molecule has 0 N–H and O–H groups in total. The first-order valence-corrected chi connectivity index (χ1v) is 10.4. The van der Waals surface area contributed by atoms with Gasteiger partial charge < -0.3 is 14.4 Å². The van der Waals surface area contributed by atoms with Crippen molar-refractivity contribution in [3.63, 3.8) is 0 Å². The molecule has 2 saturated heterocycles. The Bertz CT molecular complexity index is 613. The first-order valence-electron chi connectivity index (χ1n) is 10.4. The summed E-state index contributed by atoms with van der Waals surface area (Å²) in [6.07, 6.45) is 3.46. The van der Waals surface area contributed by atoms with E-state index < -0.39 is 0 Å². The van der Waals surface area contributed by atoms with Crippen LogP contribution in [-0.2, 0) is 9.53 Å². The highest BCUT2D eigenvalue weighted by molar-refractivity contribution is 5.78. The van der Waals surface area contributed by atoms with Gasteiger partial charge in [0.1, 0.15) is 5.75 Å². The fraction of sp³-hybridized carbons (Fsp3) is 0.682. The molecule has 1 aromatic rings. The molecule has 2 aliphatic rings. The lowest BCUT2D eigenvalue weighted by atomic mass is 9.98. The SMILES string of the molecule is CCC(C)c1ccccc1OCC(=O)N1CCC(N2CCOC(C)C2)CC1. The molecule has 5 heteroatoms. The minimum atomic E-state index is 0.0998. The maximum Gasteiger partial charge on any atom is 0.260 e. The summed E-state index contributed by atoms with van der Waals surface area (Å²) in [5.41, 5.74) is 1.19. The van der Waals surface area contributed by atoms with Crippen molar-refractivity contribution < 1.29 is 14.3 Å². The number of carbonyl (C=O) groups excluding carboxylic acids is 1. The Hall–Kier alpha value is -1.59. The molecule has 0 saturated carbocycles. The van der Waals surface area contributed by atoms with E-state index in [4.69, 9.17) is 9.47 Å². The Kier molecular flexibility index (Phi) is 7.13. The molecule has 2 fully saturated rings. The quantitative estimate of drug-likeness (QED) is 0.766. The van der Waals surface area contributed by atoms with Crippen LogP contribution in [0.4, 0.5) is 0 Å². The van der Waals surface area contributed by atoms with Crippen LogP contribution in [-0.4, -0.2) is 67.2 Å². The van der Waals surface area contributed by atoms with E-state index in [2.05, 4.69) is 31.7 Å². The summed E-state index contributed by atoms with van der Waals surface area (Å²) in [6, 6.07) is 8.66. The van der Waals surface area contributed by atoms with E-state index >= 15 is 0 Å². The molecule has 2 heterocycles. The molecule has 0 bridgehead atoms. The Morgan fingerprint density at radius 3 is 2.70 bits per heavy atom. The number of morpholine rings is 1. The lowest BCUT2D eigenvalue weighted by Gasteiger charge is -2.41. The lowest BCUT2D eigenvalue weighted by molar-refractivity contribution is -0.135. The van der Waals surface area contributed by atoms with Gasteiger partial charge in [-0.05, 0) is 43.7 Å². The van der Waals surface area contributed by atoms with Crippen molar-refractivity contribution in [2.24, 2.45) is 0 Å². The number of ether oxygens (including phenoxy) is 2. The van der Waals surface area contributed by atoms with Crippen LogP contribution in [0.3, 0.4) is 0 Å². The van der Waals surface area contributed by atoms with Crippen molar-refractivity contribution in [1.29, 1.82) is 0 Å². The van der Waals surface area contributed by atoms with E-state index in [1.54, 1.807) is 0 Å². The molecule has 1 aromatic carbocycles. The van der Waals surface area contributed by atoms with Gasteiger partial charge in [0, 0.05) is 32.2 Å². The van der Waals surface area contributed by atoms with Crippen LogP contribution in [0.1, 0.15) is 51.5 Å². The summed E-state index contributed by atoms with van der Waals surface area (Å²) in [6.45, 7) is 11.1. The van der Waals surface area contributed by atoms with Gasteiger partial charge in [-0.25, -0.2) is 0 Å². The zero-order chi connectivity index (χ0) is 19.2. The van der Waals surface area contributed by atoms with Gasteiger partial charge in [0.15, 0.2) is 6.61 Å². The van der Waals surface area contributed by atoms with Crippen molar-refractivity contribution in [1.82, 2.24) is 9.80 Å². The molecule has 0 aliphatic carbocycles. The van der Waals surface area contributed by atoms with E-state index in [1.807, 2.05) is 23.1 Å². The highest BCUT2D eigenvalue weighted by atomic mass is 16.5. The van der Waals surface area contributed by atoms with Gasteiger partial charge in [0.25, 0.3) is 5.91 Å². The van der Waals surface area contributed by atoms with Gasteiger partial charge in [-0.15, -0.1) is 0 Å². The predicted molar refractivity (Wildman–Crippen MR) is 107 cm³/mol. The molecule has 0 radical (unpaired) electrons. The van der Waals surface area contributed by atoms with Gasteiger partial charge in [0.2, 0.25) is 0 Å². The van der Waals surface area contributed by atoms with Crippen LogP contribution >= 0.6 is 0 Å². The molecule has 150 valence electrons. The summed E-state index contributed by atoms with van der Waals surface area (Å²) in [5.74, 6) is 1.38. The number of nitrogens with zero attached hydrogens (tertiary/aromatic N) is 2. The fourth-order valence-electron chi connectivity index (χ4n) is 4.13. The normalized spacial score (nSPS) is 23.2. The molecule has 1 amide bonds. The second kappa shape index (κ2) is 9.56. The summed E-state index contributed by atoms with van der Waals surface area (Å²) in [4.78, 5) is 17.1. The van der Waals surface area contributed by atoms with Crippen molar-refractivity contribution >= 4 is 5.91 Å². The molecule has 27 heavy (non-hydrogen) atoms. The van der Waals surface area contributed by atoms with Crippen LogP contribution in [0.2, 0.25) is 0 Å². The maximum atomic E-state index is 12.6. The predicted octanol–water partition coefficient (Wildman–Crippen LogP) is 3.29. The summed E-state index contributed by atoms with van der Waals surface area (Å²) >= 11 is 0. The van der Waals surface area contributed by atoms with E-state index in [9.17, 15) is 4.79 Å². The smallest absolute Gasteiger partial charge is 0.260 e. The monoisotopic (exact) mass is 374 g/mol. The highest BCUT2D eigenvalue weighted by Gasteiger charge is 2.29. The van der Waals surface area contributed by atoms with Crippen molar-refractivity contribution in [3.05, 3.63) is 29.8 Å². The molecule has 2 unspecified atom stereocenters. The van der Waals surface area contributed by atoms with Crippen LogP contribution < -0.4 is 4.74 Å². The molecule has 5 nitrogen and oxygen atoms in total. The molecule has 3 rings (SSSR count). The number of hydrogen-bond donors (Lipinski definition) is 0. The number of likely N-dealkylation sites (tertiary alicyclic amines) is 1. The number of para-hydroxylation sites is 1. The van der Waals surface area contributed by atoms with E-state index in [0.29, 0.717) is 18.1 Å². The zero-order valence-corrected chi connectivity index (χ0v) is 17.0. The van der Waals surface area contributed by atoms with Gasteiger partial charge in [-0.2, -0.15) is 0 Å². The third kappa shape index (κ3) is 5.23. The molecular weight excluding hydrogens is 340 g/mol.